The number of hydrogen-bond donors (Lipinski definition) is 1. The Morgan fingerprint density at radius 3 is 2.92 bits per heavy atom. The second kappa shape index (κ2) is 7.92. The van der Waals surface area contributed by atoms with Gasteiger partial charge in [0.2, 0.25) is 0 Å². The molecule has 1 saturated carbocycles. The van der Waals surface area contributed by atoms with Gasteiger partial charge in [0, 0.05) is 11.0 Å². The van der Waals surface area contributed by atoms with Crippen LogP contribution in [0, 0.1) is 12.8 Å². The number of hydrogen-bond acceptors (Lipinski definition) is 3. The fraction of sp³-hybridized carbons (Fsp3) is 0.500. The zero-order valence-corrected chi connectivity index (χ0v) is 15.6. The number of carbonyl (C=O) groups is 1. The van der Waals surface area contributed by atoms with Crippen molar-refractivity contribution in [3.05, 3.63) is 40.1 Å². The maximum atomic E-state index is 12.3. The van der Waals surface area contributed by atoms with Gasteiger partial charge in [-0.1, -0.05) is 52.9 Å². The van der Waals surface area contributed by atoms with E-state index < -0.39 is 0 Å². The smallest absolute Gasteiger partial charge is 0.273 e. The summed E-state index contributed by atoms with van der Waals surface area (Å²) in [4.78, 5) is 12.3. The van der Waals surface area contributed by atoms with Crippen molar-refractivity contribution >= 4 is 21.8 Å². The summed E-state index contributed by atoms with van der Waals surface area (Å²) in [5, 5.41) is 11.2. The Balaban J connectivity index is 1.57. The monoisotopic (exact) mass is 390 g/mol. The number of carbonyl (C=O) groups excluding carboxylic acids is 1. The number of benzene rings is 1. The minimum absolute atomic E-state index is 0.139. The van der Waals surface area contributed by atoms with Gasteiger partial charge in [0.05, 0.1) is 11.4 Å². The van der Waals surface area contributed by atoms with Crippen molar-refractivity contribution in [3.63, 3.8) is 0 Å². The van der Waals surface area contributed by atoms with Crippen LogP contribution in [0.15, 0.2) is 28.7 Å². The SMILES string of the molecule is Cc1c(C(=O)NCCCC2CCCC2)nnn1-c1cccc(Br)c1. The molecule has 1 aromatic carbocycles. The molecule has 3 rings (SSSR count). The molecule has 128 valence electrons. The molecule has 0 atom stereocenters. The van der Waals surface area contributed by atoms with Crippen LogP contribution < -0.4 is 5.32 Å². The Bertz CT molecular complexity index is 707. The Kier molecular flexibility index (Phi) is 5.66. The molecule has 1 aromatic heterocycles. The molecular formula is C18H23BrN4O. The van der Waals surface area contributed by atoms with E-state index in [-0.39, 0.29) is 5.91 Å². The van der Waals surface area contributed by atoms with Gasteiger partial charge in [0.25, 0.3) is 5.91 Å². The minimum Gasteiger partial charge on any atom is -0.351 e. The maximum Gasteiger partial charge on any atom is 0.273 e. The van der Waals surface area contributed by atoms with Gasteiger partial charge in [-0.25, -0.2) is 4.68 Å². The van der Waals surface area contributed by atoms with Crippen molar-refractivity contribution in [1.82, 2.24) is 20.3 Å². The van der Waals surface area contributed by atoms with Gasteiger partial charge in [-0.2, -0.15) is 0 Å². The maximum absolute atomic E-state index is 12.3. The van der Waals surface area contributed by atoms with Gasteiger partial charge in [-0.15, -0.1) is 5.10 Å². The molecule has 1 fully saturated rings. The fourth-order valence-corrected chi connectivity index (χ4v) is 3.75. The van der Waals surface area contributed by atoms with Crippen LogP contribution in [-0.2, 0) is 0 Å². The quantitative estimate of drug-likeness (QED) is 0.757. The number of nitrogens with zero attached hydrogens (tertiary/aromatic N) is 3. The summed E-state index contributed by atoms with van der Waals surface area (Å²) in [6.45, 7) is 2.58. The first-order valence-corrected chi connectivity index (χ1v) is 9.41. The van der Waals surface area contributed by atoms with Crippen LogP contribution in [0.5, 0.6) is 0 Å². The summed E-state index contributed by atoms with van der Waals surface area (Å²) in [5.74, 6) is 0.723. The molecule has 1 aliphatic rings. The second-order valence-electron chi connectivity index (χ2n) is 6.46. The van der Waals surface area contributed by atoms with E-state index in [0.29, 0.717) is 12.2 Å². The van der Waals surface area contributed by atoms with Crippen LogP contribution >= 0.6 is 15.9 Å². The van der Waals surface area contributed by atoms with Gasteiger partial charge in [0.1, 0.15) is 0 Å². The normalized spacial score (nSPS) is 14.9. The van der Waals surface area contributed by atoms with E-state index in [0.717, 1.165) is 28.2 Å². The molecule has 0 aliphatic heterocycles. The van der Waals surface area contributed by atoms with Crippen LogP contribution in [0.3, 0.4) is 0 Å². The van der Waals surface area contributed by atoms with E-state index >= 15 is 0 Å². The van der Waals surface area contributed by atoms with Crippen LogP contribution in [0.25, 0.3) is 5.69 Å². The van der Waals surface area contributed by atoms with Gasteiger partial charge >= 0.3 is 0 Å². The lowest BCUT2D eigenvalue weighted by molar-refractivity contribution is 0.0946. The number of rotatable bonds is 6. The molecule has 6 heteroatoms. The van der Waals surface area contributed by atoms with Crippen LogP contribution in [0.2, 0.25) is 0 Å². The zero-order chi connectivity index (χ0) is 16.9. The van der Waals surface area contributed by atoms with Gasteiger partial charge in [-0.05, 0) is 43.9 Å². The third kappa shape index (κ3) is 4.04. The number of amides is 1. The van der Waals surface area contributed by atoms with Gasteiger partial charge < -0.3 is 5.32 Å². The molecule has 1 heterocycles. The van der Waals surface area contributed by atoms with Gasteiger partial charge in [0.15, 0.2) is 5.69 Å². The highest BCUT2D eigenvalue weighted by Gasteiger charge is 2.18. The Morgan fingerprint density at radius 2 is 2.17 bits per heavy atom. The van der Waals surface area contributed by atoms with Crippen molar-refractivity contribution in [3.8, 4) is 5.69 Å². The number of nitrogens with one attached hydrogen (secondary N) is 1. The Morgan fingerprint density at radius 1 is 1.38 bits per heavy atom. The van der Waals surface area contributed by atoms with Crippen molar-refractivity contribution in [1.29, 1.82) is 0 Å². The predicted molar refractivity (Wildman–Crippen MR) is 97.3 cm³/mol. The minimum atomic E-state index is -0.139. The van der Waals surface area contributed by atoms with Crippen molar-refractivity contribution in [2.75, 3.05) is 6.54 Å². The summed E-state index contributed by atoms with van der Waals surface area (Å²) in [6.07, 6.45) is 7.70. The Labute approximate surface area is 151 Å². The molecule has 1 amide bonds. The standard InChI is InChI=1S/C18H23BrN4O/c1-13-17(18(24)20-11-5-8-14-6-2-3-7-14)21-22-23(13)16-10-4-9-15(19)12-16/h4,9-10,12,14H,2-3,5-8,11H2,1H3,(H,20,24). The summed E-state index contributed by atoms with van der Waals surface area (Å²) in [6, 6.07) is 7.78. The largest absolute Gasteiger partial charge is 0.351 e. The van der Waals surface area contributed by atoms with E-state index in [1.807, 2.05) is 31.2 Å². The first kappa shape index (κ1) is 17.1. The van der Waals surface area contributed by atoms with Crippen molar-refractivity contribution < 1.29 is 4.79 Å². The summed E-state index contributed by atoms with van der Waals surface area (Å²) < 4.78 is 2.66. The van der Waals surface area contributed by atoms with E-state index in [2.05, 4.69) is 31.6 Å². The van der Waals surface area contributed by atoms with Crippen LogP contribution in [0.1, 0.15) is 54.7 Å². The van der Waals surface area contributed by atoms with Crippen LogP contribution in [0.4, 0.5) is 0 Å². The third-order valence-electron chi connectivity index (χ3n) is 4.71. The molecule has 0 saturated heterocycles. The molecule has 0 spiro atoms. The summed E-state index contributed by atoms with van der Waals surface area (Å²) in [7, 11) is 0. The molecule has 2 aromatic rings. The van der Waals surface area contributed by atoms with E-state index in [1.54, 1.807) is 4.68 Å². The average Bonchev–Trinajstić information content (AvgIpc) is 3.21. The molecule has 1 aliphatic carbocycles. The first-order valence-electron chi connectivity index (χ1n) is 8.61. The highest BCUT2D eigenvalue weighted by atomic mass is 79.9. The topological polar surface area (TPSA) is 59.8 Å². The average molecular weight is 391 g/mol. The van der Waals surface area contributed by atoms with E-state index in [4.69, 9.17) is 0 Å². The Hall–Kier alpha value is -1.69. The first-order chi connectivity index (χ1) is 11.6. The van der Waals surface area contributed by atoms with Crippen molar-refractivity contribution in [2.45, 2.75) is 45.4 Å². The predicted octanol–water partition coefficient (Wildman–Crippen LogP) is 4.04. The fourth-order valence-electron chi connectivity index (χ4n) is 3.37. The van der Waals surface area contributed by atoms with E-state index in [9.17, 15) is 4.79 Å². The van der Waals surface area contributed by atoms with Crippen LogP contribution in [-0.4, -0.2) is 27.4 Å². The van der Waals surface area contributed by atoms with Crippen molar-refractivity contribution in [2.24, 2.45) is 5.92 Å². The second-order valence-corrected chi connectivity index (χ2v) is 7.38. The van der Waals surface area contributed by atoms with Gasteiger partial charge in [-0.3, -0.25) is 4.79 Å². The zero-order valence-electron chi connectivity index (χ0n) is 14.0. The molecule has 0 radical (unpaired) electrons. The lowest BCUT2D eigenvalue weighted by Crippen LogP contribution is -2.26. The molecule has 0 bridgehead atoms. The molecule has 24 heavy (non-hydrogen) atoms. The number of aromatic nitrogens is 3. The third-order valence-corrected chi connectivity index (χ3v) is 5.21. The summed E-state index contributed by atoms with van der Waals surface area (Å²) >= 11 is 3.45. The molecule has 0 unspecified atom stereocenters. The highest BCUT2D eigenvalue weighted by molar-refractivity contribution is 9.10. The molecule has 1 N–H and O–H groups in total. The lowest BCUT2D eigenvalue weighted by atomic mass is 10.0. The van der Waals surface area contributed by atoms with E-state index in [1.165, 1.54) is 32.1 Å². The number of halogens is 1. The molecule has 5 nitrogen and oxygen atoms in total. The summed E-state index contributed by atoms with van der Waals surface area (Å²) in [5.41, 5.74) is 2.03. The highest BCUT2D eigenvalue weighted by Crippen LogP contribution is 2.28. The molecular weight excluding hydrogens is 368 g/mol. The lowest BCUT2D eigenvalue weighted by Gasteiger charge is -2.09.